The molecule has 0 unspecified atom stereocenters. The van der Waals surface area contributed by atoms with Gasteiger partial charge in [0.25, 0.3) is 0 Å². The van der Waals surface area contributed by atoms with Gasteiger partial charge in [-0.05, 0) is 71.5 Å². The second-order valence-electron chi connectivity index (χ2n) is 6.13. The summed E-state index contributed by atoms with van der Waals surface area (Å²) < 4.78 is 0. The molecule has 2 aromatic carbocycles. The van der Waals surface area contributed by atoms with Crippen molar-refractivity contribution in [3.63, 3.8) is 0 Å². The van der Waals surface area contributed by atoms with Crippen molar-refractivity contribution in [3.05, 3.63) is 46.5 Å². The van der Waals surface area contributed by atoms with Crippen LogP contribution in [-0.2, 0) is 5.41 Å². The number of nitrogen functional groups attached to an aromatic ring is 2. The zero-order valence-electron chi connectivity index (χ0n) is 12.0. The third kappa shape index (κ3) is 1.49. The molecule has 2 nitrogen and oxygen atoms in total. The van der Waals surface area contributed by atoms with Crippen LogP contribution < -0.4 is 11.5 Å². The topological polar surface area (TPSA) is 52.0 Å². The highest BCUT2D eigenvalue weighted by Gasteiger charge is 2.36. The maximum absolute atomic E-state index is 6.08. The number of hydrogen-bond donors (Lipinski definition) is 2. The predicted octanol–water partition coefficient (Wildman–Crippen LogP) is 3.77. The average Bonchev–Trinajstić information content (AvgIpc) is 2.52. The summed E-state index contributed by atoms with van der Waals surface area (Å²) >= 11 is 0. The van der Waals surface area contributed by atoms with Crippen LogP contribution in [0.15, 0.2) is 24.3 Å². The van der Waals surface area contributed by atoms with E-state index in [1.54, 1.807) is 0 Å². The summed E-state index contributed by atoms with van der Waals surface area (Å²) in [5, 5.41) is 0. The first kappa shape index (κ1) is 12.1. The normalized spacial score (nSPS) is 15.2. The zero-order valence-corrected chi connectivity index (χ0v) is 12.0. The molecule has 2 aromatic rings. The third-order valence-corrected chi connectivity index (χ3v) is 4.45. The van der Waals surface area contributed by atoms with Gasteiger partial charge in [0.2, 0.25) is 0 Å². The molecular weight excluding hydrogens is 232 g/mol. The maximum Gasteiger partial charge on any atom is 0.0347 e. The summed E-state index contributed by atoms with van der Waals surface area (Å²) in [6, 6.07) is 8.65. The van der Waals surface area contributed by atoms with E-state index in [0.29, 0.717) is 0 Å². The molecule has 0 heterocycles. The van der Waals surface area contributed by atoms with Crippen molar-refractivity contribution in [2.24, 2.45) is 0 Å². The van der Waals surface area contributed by atoms with E-state index in [1.165, 1.54) is 22.3 Å². The van der Waals surface area contributed by atoms with Gasteiger partial charge in [-0.15, -0.1) is 0 Å². The van der Waals surface area contributed by atoms with Crippen molar-refractivity contribution in [2.75, 3.05) is 11.5 Å². The molecule has 0 bridgehead atoms. The fraction of sp³-hybridized carbons (Fsp3) is 0.294. The van der Waals surface area contributed by atoms with E-state index >= 15 is 0 Å². The average molecular weight is 252 g/mol. The van der Waals surface area contributed by atoms with Gasteiger partial charge >= 0.3 is 0 Å². The minimum atomic E-state index is -0.0334. The Morgan fingerprint density at radius 3 is 1.47 bits per heavy atom. The SMILES string of the molecule is Cc1cc2c(cc1N)C(C)(C)c1cc(N)c(C)cc1-2. The summed E-state index contributed by atoms with van der Waals surface area (Å²) in [5.41, 5.74) is 21.3. The fourth-order valence-electron chi connectivity index (χ4n) is 3.07. The van der Waals surface area contributed by atoms with Crippen molar-refractivity contribution in [2.45, 2.75) is 33.1 Å². The molecule has 19 heavy (non-hydrogen) atoms. The monoisotopic (exact) mass is 252 g/mol. The molecular formula is C17H20N2. The predicted molar refractivity (Wildman–Crippen MR) is 82.3 cm³/mol. The Balaban J connectivity index is 2.40. The molecule has 3 rings (SSSR count). The molecule has 4 N–H and O–H groups in total. The van der Waals surface area contributed by atoms with Gasteiger partial charge in [0.15, 0.2) is 0 Å². The summed E-state index contributed by atoms with van der Waals surface area (Å²) in [7, 11) is 0. The standard InChI is InChI=1S/C17H20N2/c1-9-5-11-12-6-10(2)16(19)8-14(12)17(3,4)13(11)7-15(9)18/h5-8H,18-19H2,1-4H3. The number of fused-ring (bicyclic) bond motifs is 3. The lowest BCUT2D eigenvalue weighted by Gasteiger charge is -2.22. The minimum Gasteiger partial charge on any atom is -0.399 e. The maximum atomic E-state index is 6.08. The molecule has 0 amide bonds. The summed E-state index contributed by atoms with van der Waals surface area (Å²) in [6.45, 7) is 8.60. The molecule has 0 atom stereocenters. The highest BCUT2D eigenvalue weighted by molar-refractivity contribution is 5.85. The van der Waals surface area contributed by atoms with E-state index in [4.69, 9.17) is 11.5 Å². The Labute approximate surface area is 114 Å². The van der Waals surface area contributed by atoms with Gasteiger partial charge in [-0.1, -0.05) is 13.8 Å². The van der Waals surface area contributed by atoms with Crippen LogP contribution in [0.3, 0.4) is 0 Å². The van der Waals surface area contributed by atoms with Crippen LogP contribution in [0.1, 0.15) is 36.1 Å². The number of benzene rings is 2. The second-order valence-corrected chi connectivity index (χ2v) is 6.13. The van der Waals surface area contributed by atoms with Gasteiger partial charge in [-0.25, -0.2) is 0 Å². The van der Waals surface area contributed by atoms with Crippen LogP contribution in [0.4, 0.5) is 11.4 Å². The van der Waals surface area contributed by atoms with Crippen molar-refractivity contribution in [1.29, 1.82) is 0 Å². The van der Waals surface area contributed by atoms with E-state index in [2.05, 4.69) is 52.0 Å². The van der Waals surface area contributed by atoms with Gasteiger partial charge in [0.1, 0.15) is 0 Å². The van der Waals surface area contributed by atoms with E-state index in [0.717, 1.165) is 22.5 Å². The van der Waals surface area contributed by atoms with Crippen molar-refractivity contribution >= 4 is 11.4 Å². The first-order valence-electron chi connectivity index (χ1n) is 6.64. The third-order valence-electron chi connectivity index (χ3n) is 4.45. The van der Waals surface area contributed by atoms with Gasteiger partial charge < -0.3 is 11.5 Å². The van der Waals surface area contributed by atoms with Gasteiger partial charge in [0, 0.05) is 16.8 Å². The second kappa shape index (κ2) is 3.53. The zero-order chi connectivity index (χ0) is 13.9. The van der Waals surface area contributed by atoms with Gasteiger partial charge in [-0.2, -0.15) is 0 Å². The first-order valence-corrected chi connectivity index (χ1v) is 6.64. The van der Waals surface area contributed by atoms with Crippen LogP contribution in [-0.4, -0.2) is 0 Å². The highest BCUT2D eigenvalue weighted by Crippen LogP contribution is 2.50. The van der Waals surface area contributed by atoms with Crippen LogP contribution in [0.2, 0.25) is 0 Å². The van der Waals surface area contributed by atoms with Crippen molar-refractivity contribution in [1.82, 2.24) is 0 Å². The lowest BCUT2D eigenvalue weighted by atomic mass is 9.81. The Morgan fingerprint density at radius 2 is 1.11 bits per heavy atom. The minimum absolute atomic E-state index is 0.0334. The quantitative estimate of drug-likeness (QED) is 0.701. The lowest BCUT2D eigenvalue weighted by Crippen LogP contribution is -2.15. The highest BCUT2D eigenvalue weighted by atomic mass is 14.6. The number of rotatable bonds is 0. The molecule has 0 aliphatic heterocycles. The molecule has 0 saturated carbocycles. The molecule has 1 aliphatic carbocycles. The van der Waals surface area contributed by atoms with Crippen LogP contribution in [0, 0.1) is 13.8 Å². The van der Waals surface area contributed by atoms with Gasteiger partial charge in [-0.3, -0.25) is 0 Å². The molecule has 0 radical (unpaired) electrons. The van der Waals surface area contributed by atoms with Crippen molar-refractivity contribution in [3.8, 4) is 11.1 Å². The Bertz CT molecular complexity index is 637. The van der Waals surface area contributed by atoms with E-state index in [9.17, 15) is 0 Å². The van der Waals surface area contributed by atoms with Crippen LogP contribution in [0.25, 0.3) is 11.1 Å². The van der Waals surface area contributed by atoms with E-state index in [-0.39, 0.29) is 5.41 Å². The molecule has 0 aromatic heterocycles. The Kier molecular flexibility index (Phi) is 2.25. The number of hydrogen-bond acceptors (Lipinski definition) is 2. The molecule has 0 saturated heterocycles. The summed E-state index contributed by atoms with van der Waals surface area (Å²) in [4.78, 5) is 0. The fourth-order valence-corrected chi connectivity index (χ4v) is 3.07. The van der Waals surface area contributed by atoms with E-state index in [1.807, 2.05) is 0 Å². The van der Waals surface area contributed by atoms with E-state index < -0.39 is 0 Å². The molecule has 0 spiro atoms. The van der Waals surface area contributed by atoms with Crippen LogP contribution in [0.5, 0.6) is 0 Å². The molecule has 2 heteroatoms. The summed E-state index contributed by atoms with van der Waals surface area (Å²) in [6.07, 6.45) is 0. The molecule has 0 fully saturated rings. The Morgan fingerprint density at radius 1 is 0.737 bits per heavy atom. The molecule has 98 valence electrons. The largest absolute Gasteiger partial charge is 0.399 e. The lowest BCUT2D eigenvalue weighted by molar-refractivity contribution is 0.660. The smallest absolute Gasteiger partial charge is 0.0347 e. The number of aryl methyl sites for hydroxylation is 2. The summed E-state index contributed by atoms with van der Waals surface area (Å²) in [5.74, 6) is 0. The van der Waals surface area contributed by atoms with Crippen molar-refractivity contribution < 1.29 is 0 Å². The van der Waals surface area contributed by atoms with Crippen LogP contribution >= 0.6 is 0 Å². The molecule has 1 aliphatic rings. The Hall–Kier alpha value is -1.96. The number of nitrogens with two attached hydrogens (primary N) is 2. The first-order chi connectivity index (χ1) is 8.82. The number of anilines is 2. The van der Waals surface area contributed by atoms with Gasteiger partial charge in [0.05, 0.1) is 0 Å².